The smallest absolute Gasteiger partial charge is 0.253 e. The average Bonchev–Trinajstić information content (AvgIpc) is 2.16. The Hall–Kier alpha value is -0.903. The minimum absolute atomic E-state index is 0.0565. The molecule has 0 aromatic heterocycles. The maximum absolute atomic E-state index is 14.0. The molecule has 1 rings (SSSR count). The van der Waals surface area contributed by atoms with Gasteiger partial charge in [0.2, 0.25) is 0 Å². The van der Waals surface area contributed by atoms with Crippen LogP contribution in [0.1, 0.15) is 5.56 Å². The Morgan fingerprint density at radius 2 is 1.80 bits per heavy atom. The molecule has 0 fully saturated rings. The minimum Gasteiger partial charge on any atom is -0.497 e. The van der Waals surface area contributed by atoms with Gasteiger partial charge in [-0.3, -0.25) is 0 Å². The largest absolute Gasteiger partial charge is 0.497 e. The summed E-state index contributed by atoms with van der Waals surface area (Å²) in [6.45, 7) is 4.98. The maximum Gasteiger partial charge on any atom is 0.253 e. The third-order valence-corrected chi connectivity index (χ3v) is 4.55. The van der Waals surface area contributed by atoms with Crippen molar-refractivity contribution in [3.63, 3.8) is 0 Å². The molecule has 84 valence electrons. The van der Waals surface area contributed by atoms with E-state index in [2.05, 4.69) is 0 Å². The molecule has 1 aromatic carbocycles. The summed E-state index contributed by atoms with van der Waals surface area (Å²) in [6, 6.07) is 6.14. The van der Waals surface area contributed by atoms with E-state index in [-0.39, 0.29) is 5.56 Å². The van der Waals surface area contributed by atoms with E-state index in [1.54, 1.807) is 31.8 Å². The van der Waals surface area contributed by atoms with Gasteiger partial charge in [-0.25, -0.2) is 8.78 Å². The fourth-order valence-corrected chi connectivity index (χ4v) is 2.27. The molecule has 15 heavy (non-hydrogen) atoms. The van der Waals surface area contributed by atoms with Gasteiger partial charge < -0.3 is 4.74 Å². The molecule has 1 aromatic rings. The summed E-state index contributed by atoms with van der Waals surface area (Å²) >= 11 is 0. The van der Waals surface area contributed by atoms with Crippen molar-refractivity contribution in [3.8, 4) is 5.75 Å². The van der Waals surface area contributed by atoms with Gasteiger partial charge in [-0.1, -0.05) is 31.8 Å². The first-order chi connectivity index (χ1) is 6.79. The number of hydrogen-bond acceptors (Lipinski definition) is 1. The van der Waals surface area contributed by atoms with Crippen LogP contribution in [0.2, 0.25) is 19.6 Å². The van der Waals surface area contributed by atoms with Gasteiger partial charge in [0.1, 0.15) is 13.8 Å². The Balaban J connectivity index is 3.15. The van der Waals surface area contributed by atoms with Crippen LogP contribution in [0.5, 0.6) is 5.75 Å². The van der Waals surface area contributed by atoms with Gasteiger partial charge in [0, 0.05) is 5.56 Å². The van der Waals surface area contributed by atoms with Crippen molar-refractivity contribution < 1.29 is 13.5 Å². The van der Waals surface area contributed by atoms with E-state index in [1.807, 2.05) is 0 Å². The molecule has 0 bridgehead atoms. The predicted octanol–water partition coefficient (Wildman–Crippen LogP) is 3.66. The van der Waals surface area contributed by atoms with Crippen LogP contribution in [-0.4, -0.2) is 15.2 Å². The van der Waals surface area contributed by atoms with Crippen molar-refractivity contribution in [3.05, 3.63) is 29.8 Å². The SMILES string of the molecule is COc1cccc(C(F)(F)[Si](C)(C)C)c1. The van der Waals surface area contributed by atoms with Crippen LogP contribution in [0.4, 0.5) is 8.78 Å². The second-order valence-corrected chi connectivity index (χ2v) is 9.68. The highest BCUT2D eigenvalue weighted by molar-refractivity contribution is 6.78. The topological polar surface area (TPSA) is 9.23 Å². The number of alkyl halides is 2. The van der Waals surface area contributed by atoms with Crippen molar-refractivity contribution in [1.29, 1.82) is 0 Å². The normalized spacial score (nSPS) is 12.7. The Morgan fingerprint density at radius 1 is 1.20 bits per heavy atom. The Morgan fingerprint density at radius 3 is 2.27 bits per heavy atom. The van der Waals surface area contributed by atoms with E-state index in [0.717, 1.165) is 0 Å². The molecular weight excluding hydrogens is 214 g/mol. The highest BCUT2D eigenvalue weighted by Crippen LogP contribution is 2.38. The lowest BCUT2D eigenvalue weighted by Crippen LogP contribution is -2.42. The molecule has 0 atom stereocenters. The predicted molar refractivity (Wildman–Crippen MR) is 60.2 cm³/mol. The van der Waals surface area contributed by atoms with Crippen LogP contribution in [-0.2, 0) is 5.55 Å². The van der Waals surface area contributed by atoms with E-state index in [4.69, 9.17) is 4.74 Å². The molecule has 0 aliphatic carbocycles. The van der Waals surface area contributed by atoms with Crippen LogP contribution < -0.4 is 4.74 Å². The van der Waals surface area contributed by atoms with E-state index < -0.39 is 13.6 Å². The number of hydrogen-bond donors (Lipinski definition) is 0. The highest BCUT2D eigenvalue weighted by atomic mass is 28.3. The average molecular weight is 230 g/mol. The van der Waals surface area contributed by atoms with E-state index in [9.17, 15) is 8.78 Å². The van der Waals surface area contributed by atoms with Gasteiger partial charge in [0.15, 0.2) is 0 Å². The van der Waals surface area contributed by atoms with Crippen molar-refractivity contribution in [1.82, 2.24) is 0 Å². The van der Waals surface area contributed by atoms with Gasteiger partial charge in [0.25, 0.3) is 5.55 Å². The standard InChI is InChI=1S/C11H16F2OSi/c1-14-10-7-5-6-9(8-10)11(12,13)15(2,3)4/h5-8H,1-4H3. The van der Waals surface area contributed by atoms with Crippen molar-refractivity contribution in [2.24, 2.45) is 0 Å². The summed E-state index contributed by atoms with van der Waals surface area (Å²) in [5, 5.41) is 0. The van der Waals surface area contributed by atoms with Gasteiger partial charge in [-0.2, -0.15) is 0 Å². The van der Waals surface area contributed by atoms with E-state index in [1.165, 1.54) is 19.2 Å². The summed E-state index contributed by atoms with van der Waals surface area (Å²) in [4.78, 5) is 0. The number of benzene rings is 1. The van der Waals surface area contributed by atoms with Crippen LogP contribution >= 0.6 is 0 Å². The summed E-state index contributed by atoms with van der Waals surface area (Å²) in [5.41, 5.74) is -2.66. The summed E-state index contributed by atoms with van der Waals surface area (Å²) in [6.07, 6.45) is 0. The van der Waals surface area contributed by atoms with Gasteiger partial charge in [-0.15, -0.1) is 0 Å². The second kappa shape index (κ2) is 3.93. The first-order valence-corrected chi connectivity index (χ1v) is 8.31. The summed E-state index contributed by atoms with van der Waals surface area (Å²) < 4.78 is 32.9. The Bertz CT molecular complexity index is 345. The second-order valence-electron chi connectivity index (χ2n) is 4.56. The Labute approximate surface area is 90.1 Å². The number of rotatable bonds is 3. The summed E-state index contributed by atoms with van der Waals surface area (Å²) in [5.74, 6) is 0.477. The quantitative estimate of drug-likeness (QED) is 0.720. The fraction of sp³-hybridized carbons (Fsp3) is 0.455. The van der Waals surface area contributed by atoms with Crippen molar-refractivity contribution in [2.75, 3.05) is 7.11 Å². The third kappa shape index (κ3) is 2.37. The van der Waals surface area contributed by atoms with Gasteiger partial charge in [-0.05, 0) is 12.1 Å². The van der Waals surface area contributed by atoms with Crippen molar-refractivity contribution >= 4 is 8.07 Å². The van der Waals surface area contributed by atoms with Crippen LogP contribution in [0, 0.1) is 0 Å². The molecular formula is C11H16F2OSi. The first-order valence-electron chi connectivity index (χ1n) is 4.81. The third-order valence-electron chi connectivity index (χ3n) is 2.37. The lowest BCUT2D eigenvalue weighted by Gasteiger charge is -2.29. The molecule has 0 heterocycles. The first kappa shape index (κ1) is 12.2. The number of ether oxygens (including phenoxy) is 1. The van der Waals surface area contributed by atoms with Crippen LogP contribution in [0.15, 0.2) is 24.3 Å². The zero-order valence-corrected chi connectivity index (χ0v) is 10.5. The monoisotopic (exact) mass is 230 g/mol. The zero-order chi connectivity index (χ0) is 11.7. The van der Waals surface area contributed by atoms with Crippen molar-refractivity contribution in [2.45, 2.75) is 25.2 Å². The molecule has 0 unspecified atom stereocenters. The maximum atomic E-state index is 14.0. The molecule has 0 saturated heterocycles. The molecule has 1 nitrogen and oxygen atoms in total. The summed E-state index contributed by atoms with van der Waals surface area (Å²) in [7, 11) is -1.07. The lowest BCUT2D eigenvalue weighted by atomic mass is 10.2. The number of halogens is 2. The van der Waals surface area contributed by atoms with E-state index in [0.29, 0.717) is 5.75 Å². The Kier molecular flexibility index (Phi) is 3.18. The molecule has 0 amide bonds. The lowest BCUT2D eigenvalue weighted by molar-refractivity contribution is 0.0792. The molecule has 0 aliphatic heterocycles. The highest BCUT2D eigenvalue weighted by Gasteiger charge is 2.46. The molecule has 0 spiro atoms. The fourth-order valence-electron chi connectivity index (χ4n) is 1.25. The van der Waals surface area contributed by atoms with Crippen LogP contribution in [0.3, 0.4) is 0 Å². The molecule has 0 aliphatic rings. The molecule has 0 radical (unpaired) electrons. The minimum atomic E-state index is -2.72. The van der Waals surface area contributed by atoms with Crippen LogP contribution in [0.25, 0.3) is 0 Å². The van der Waals surface area contributed by atoms with E-state index >= 15 is 0 Å². The number of methoxy groups -OCH3 is 1. The van der Waals surface area contributed by atoms with Gasteiger partial charge >= 0.3 is 0 Å². The molecule has 4 heteroatoms. The molecule has 0 N–H and O–H groups in total. The zero-order valence-electron chi connectivity index (χ0n) is 9.47. The van der Waals surface area contributed by atoms with Gasteiger partial charge in [0.05, 0.1) is 7.11 Å². The molecule has 0 saturated carbocycles.